The zero-order chi connectivity index (χ0) is 18.7. The van der Waals surface area contributed by atoms with Crippen LogP contribution in [0.2, 0.25) is 0 Å². The number of rotatable bonds is 5. The van der Waals surface area contributed by atoms with E-state index in [9.17, 15) is 13.2 Å². The average Bonchev–Trinajstić information content (AvgIpc) is 2.95. The van der Waals surface area contributed by atoms with E-state index >= 15 is 0 Å². The third-order valence-corrected chi connectivity index (χ3v) is 3.49. The minimum Gasteiger partial charge on any atom is -0.473 e. The van der Waals surface area contributed by atoms with E-state index in [1.807, 2.05) is 37.3 Å². The third-order valence-electron chi connectivity index (χ3n) is 3.49. The molecule has 0 aliphatic carbocycles. The Labute approximate surface area is 148 Å². The summed E-state index contributed by atoms with van der Waals surface area (Å²) in [5.41, 5.74) is 0.749. The van der Waals surface area contributed by atoms with E-state index < -0.39 is 11.9 Å². The smallest absolute Gasteiger partial charge is 0.435 e. The maximum absolute atomic E-state index is 12.7. The highest BCUT2D eigenvalue weighted by molar-refractivity contribution is 5.31. The standard InChI is InChI=1S/C18H16F3N3O2/c1-12-8-15(25-11-13-6-4-3-5-7-13)22-16(9-12)26-17-10-14(18(19,20)21)23-24(17)2/h3-10H,11H2,1-2H3. The summed E-state index contributed by atoms with van der Waals surface area (Å²) >= 11 is 0. The van der Waals surface area contributed by atoms with Crippen LogP contribution in [0.25, 0.3) is 0 Å². The lowest BCUT2D eigenvalue weighted by Gasteiger charge is -2.09. The molecule has 3 aromatic rings. The van der Waals surface area contributed by atoms with Gasteiger partial charge in [0.05, 0.1) is 0 Å². The molecule has 3 rings (SSSR count). The van der Waals surface area contributed by atoms with Crippen LogP contribution < -0.4 is 9.47 Å². The number of pyridine rings is 1. The Morgan fingerprint density at radius 1 is 1.04 bits per heavy atom. The van der Waals surface area contributed by atoms with Crippen LogP contribution >= 0.6 is 0 Å². The van der Waals surface area contributed by atoms with Gasteiger partial charge in [-0.25, -0.2) is 4.68 Å². The highest BCUT2D eigenvalue weighted by atomic mass is 19.4. The van der Waals surface area contributed by atoms with Crippen molar-refractivity contribution in [3.8, 4) is 17.6 Å². The summed E-state index contributed by atoms with van der Waals surface area (Å²) in [4.78, 5) is 4.19. The number of ether oxygens (including phenoxy) is 2. The van der Waals surface area contributed by atoms with Crippen LogP contribution in [-0.2, 0) is 19.8 Å². The summed E-state index contributed by atoms with van der Waals surface area (Å²) in [6, 6.07) is 13.7. The van der Waals surface area contributed by atoms with E-state index in [4.69, 9.17) is 9.47 Å². The fraction of sp³-hybridized carbons (Fsp3) is 0.222. The molecule has 5 nitrogen and oxygen atoms in total. The van der Waals surface area contributed by atoms with Gasteiger partial charge >= 0.3 is 6.18 Å². The largest absolute Gasteiger partial charge is 0.473 e. The van der Waals surface area contributed by atoms with Crippen molar-refractivity contribution in [2.75, 3.05) is 0 Å². The van der Waals surface area contributed by atoms with Gasteiger partial charge in [0.15, 0.2) is 5.69 Å². The second-order valence-electron chi connectivity index (χ2n) is 5.69. The van der Waals surface area contributed by atoms with Crippen LogP contribution in [0.4, 0.5) is 13.2 Å². The molecule has 2 heterocycles. The maximum Gasteiger partial charge on any atom is 0.435 e. The summed E-state index contributed by atoms with van der Waals surface area (Å²) < 4.78 is 50.4. The van der Waals surface area contributed by atoms with E-state index in [0.29, 0.717) is 12.5 Å². The Bertz CT molecular complexity index is 892. The Kier molecular flexibility index (Phi) is 4.83. The van der Waals surface area contributed by atoms with Crippen LogP contribution in [0.15, 0.2) is 48.5 Å². The Balaban J connectivity index is 1.76. The van der Waals surface area contributed by atoms with E-state index in [1.54, 1.807) is 12.1 Å². The maximum atomic E-state index is 12.7. The second-order valence-corrected chi connectivity index (χ2v) is 5.69. The molecule has 0 aliphatic rings. The fourth-order valence-electron chi connectivity index (χ4n) is 2.25. The van der Waals surface area contributed by atoms with Gasteiger partial charge in [-0.15, -0.1) is 0 Å². The fourth-order valence-corrected chi connectivity index (χ4v) is 2.25. The molecule has 0 N–H and O–H groups in total. The molecule has 0 bridgehead atoms. The van der Waals surface area contributed by atoms with Gasteiger partial charge in [-0.1, -0.05) is 30.3 Å². The lowest BCUT2D eigenvalue weighted by Crippen LogP contribution is -2.06. The second kappa shape index (κ2) is 7.07. The molecule has 0 aliphatic heterocycles. The van der Waals surface area contributed by atoms with Crippen LogP contribution in [0.5, 0.6) is 17.6 Å². The lowest BCUT2D eigenvalue weighted by molar-refractivity contribution is -0.141. The first kappa shape index (κ1) is 17.8. The molecule has 0 fully saturated rings. The van der Waals surface area contributed by atoms with Gasteiger partial charge in [-0.3, -0.25) is 0 Å². The van der Waals surface area contributed by atoms with Gasteiger partial charge in [-0.05, 0) is 18.1 Å². The molecule has 0 saturated carbocycles. The first-order chi connectivity index (χ1) is 12.3. The Morgan fingerprint density at radius 2 is 1.73 bits per heavy atom. The van der Waals surface area contributed by atoms with E-state index in [2.05, 4.69) is 10.1 Å². The zero-order valence-corrected chi connectivity index (χ0v) is 14.1. The topological polar surface area (TPSA) is 49.2 Å². The van der Waals surface area contributed by atoms with Crippen molar-refractivity contribution in [3.05, 3.63) is 65.4 Å². The van der Waals surface area contributed by atoms with Crippen LogP contribution in [0.3, 0.4) is 0 Å². The SMILES string of the molecule is Cc1cc(OCc2ccccc2)nc(Oc2cc(C(F)(F)F)nn2C)c1. The molecule has 136 valence electrons. The predicted molar refractivity (Wildman–Crippen MR) is 88.0 cm³/mol. The number of aryl methyl sites for hydroxylation is 2. The van der Waals surface area contributed by atoms with E-state index in [0.717, 1.165) is 21.9 Å². The molecule has 0 spiro atoms. The molecule has 1 aromatic carbocycles. The number of aromatic nitrogens is 3. The molecule has 0 radical (unpaired) electrons. The van der Waals surface area contributed by atoms with Crippen molar-refractivity contribution in [2.24, 2.45) is 7.05 Å². The van der Waals surface area contributed by atoms with Crippen LogP contribution in [-0.4, -0.2) is 14.8 Å². The monoisotopic (exact) mass is 363 g/mol. The number of hydrogen-bond acceptors (Lipinski definition) is 4. The summed E-state index contributed by atoms with van der Waals surface area (Å²) in [6.45, 7) is 2.13. The first-order valence-electron chi connectivity index (χ1n) is 7.76. The van der Waals surface area contributed by atoms with Crippen LogP contribution in [0, 0.1) is 6.92 Å². The van der Waals surface area contributed by atoms with E-state index in [-0.39, 0.29) is 11.8 Å². The van der Waals surface area contributed by atoms with Gasteiger partial charge in [0.25, 0.3) is 0 Å². The minimum absolute atomic E-state index is 0.0653. The molecule has 0 amide bonds. The van der Waals surface area contributed by atoms with Crippen molar-refractivity contribution < 1.29 is 22.6 Å². The van der Waals surface area contributed by atoms with Crippen molar-refractivity contribution in [2.45, 2.75) is 19.7 Å². The summed E-state index contributed by atoms with van der Waals surface area (Å²) in [7, 11) is 1.37. The first-order valence-corrected chi connectivity index (χ1v) is 7.76. The lowest BCUT2D eigenvalue weighted by atomic mass is 10.2. The number of alkyl halides is 3. The van der Waals surface area contributed by atoms with Crippen LogP contribution in [0.1, 0.15) is 16.8 Å². The third kappa shape index (κ3) is 4.33. The van der Waals surface area contributed by atoms with Crippen molar-refractivity contribution in [1.29, 1.82) is 0 Å². The molecule has 8 heteroatoms. The van der Waals surface area contributed by atoms with Gasteiger partial charge in [0.2, 0.25) is 17.6 Å². The average molecular weight is 363 g/mol. The molecule has 2 aromatic heterocycles. The summed E-state index contributed by atoms with van der Waals surface area (Å²) in [5, 5.41) is 3.41. The molecular weight excluding hydrogens is 347 g/mol. The number of hydrogen-bond donors (Lipinski definition) is 0. The van der Waals surface area contributed by atoms with Gasteiger partial charge in [-0.2, -0.15) is 23.3 Å². The molecule has 0 saturated heterocycles. The molecular formula is C18H16F3N3O2. The highest BCUT2D eigenvalue weighted by Gasteiger charge is 2.35. The normalized spacial score (nSPS) is 11.4. The molecule has 0 atom stereocenters. The van der Waals surface area contributed by atoms with Gasteiger partial charge in [0, 0.05) is 25.2 Å². The highest BCUT2D eigenvalue weighted by Crippen LogP contribution is 2.32. The number of nitrogens with zero attached hydrogens (tertiary/aromatic N) is 3. The van der Waals surface area contributed by atoms with Crippen molar-refractivity contribution in [3.63, 3.8) is 0 Å². The zero-order valence-electron chi connectivity index (χ0n) is 14.1. The van der Waals surface area contributed by atoms with Crippen molar-refractivity contribution in [1.82, 2.24) is 14.8 Å². The van der Waals surface area contributed by atoms with Crippen molar-refractivity contribution >= 4 is 0 Å². The quantitative estimate of drug-likeness (QED) is 0.669. The minimum atomic E-state index is -4.54. The van der Waals surface area contributed by atoms with Gasteiger partial charge < -0.3 is 9.47 Å². The summed E-state index contributed by atoms with van der Waals surface area (Å²) in [6.07, 6.45) is -4.54. The number of benzene rings is 1. The Hall–Kier alpha value is -3.03. The predicted octanol–water partition coefficient (Wildman–Crippen LogP) is 4.51. The summed E-state index contributed by atoms with van der Waals surface area (Å²) in [5.74, 6) is 0.385. The van der Waals surface area contributed by atoms with Gasteiger partial charge in [0.1, 0.15) is 6.61 Å². The Morgan fingerprint density at radius 3 is 2.38 bits per heavy atom. The molecule has 26 heavy (non-hydrogen) atoms. The van der Waals surface area contributed by atoms with E-state index in [1.165, 1.54) is 7.05 Å². The molecule has 0 unspecified atom stereocenters. The number of halogens is 3.